The Balaban J connectivity index is 2.02. The maximum atomic E-state index is 13.3. The van der Waals surface area contributed by atoms with Crippen LogP contribution in [0.25, 0.3) is 0 Å². The van der Waals surface area contributed by atoms with Crippen LogP contribution in [0.3, 0.4) is 0 Å². The first-order valence-corrected chi connectivity index (χ1v) is 7.35. The fourth-order valence-corrected chi connectivity index (χ4v) is 2.95. The van der Waals surface area contributed by atoms with Crippen molar-refractivity contribution in [2.45, 2.75) is 51.1 Å². The fraction of sp³-hybridized carbons (Fsp3) is 0.562. The fourth-order valence-electron chi connectivity index (χ4n) is 2.95. The van der Waals surface area contributed by atoms with Crippen LogP contribution >= 0.6 is 0 Å². The van der Waals surface area contributed by atoms with E-state index >= 15 is 0 Å². The highest BCUT2D eigenvalue weighted by atomic mass is 19.1. The standard InChI is InChI=1S/C16H22FNO2/c17-14-6-4-5-13(11-14)12-18(10-9-16(19)20)15-7-2-1-3-8-15/h4-6,11,15H,1-3,7-10,12H2,(H,19,20). The van der Waals surface area contributed by atoms with Crippen LogP contribution in [0.15, 0.2) is 24.3 Å². The molecular formula is C16H22FNO2. The molecule has 0 saturated heterocycles. The van der Waals surface area contributed by atoms with E-state index < -0.39 is 5.97 Å². The summed E-state index contributed by atoms with van der Waals surface area (Å²) in [6, 6.07) is 7.02. The van der Waals surface area contributed by atoms with Gasteiger partial charge in [0.15, 0.2) is 0 Å². The Morgan fingerprint density at radius 3 is 2.70 bits per heavy atom. The molecule has 1 aromatic carbocycles. The van der Waals surface area contributed by atoms with Gasteiger partial charge in [-0.15, -0.1) is 0 Å². The van der Waals surface area contributed by atoms with Crippen molar-refractivity contribution in [3.63, 3.8) is 0 Å². The number of carboxylic acid groups (broad SMARTS) is 1. The lowest BCUT2D eigenvalue weighted by Gasteiger charge is -2.34. The predicted octanol–water partition coefficient (Wildman–Crippen LogP) is 3.44. The molecule has 1 aliphatic rings. The molecule has 1 N–H and O–H groups in total. The predicted molar refractivity (Wildman–Crippen MR) is 75.9 cm³/mol. The molecule has 0 unspecified atom stereocenters. The number of halogens is 1. The Hall–Kier alpha value is -1.42. The number of nitrogens with zero attached hydrogens (tertiary/aromatic N) is 1. The first kappa shape index (κ1) is 15.0. The summed E-state index contributed by atoms with van der Waals surface area (Å²) in [5, 5.41) is 8.88. The normalized spacial score (nSPS) is 16.5. The summed E-state index contributed by atoms with van der Waals surface area (Å²) in [6.45, 7) is 1.17. The van der Waals surface area contributed by atoms with Crippen LogP contribution in [-0.2, 0) is 11.3 Å². The second-order valence-corrected chi connectivity index (χ2v) is 5.54. The molecule has 0 radical (unpaired) electrons. The lowest BCUT2D eigenvalue weighted by molar-refractivity contribution is -0.137. The summed E-state index contributed by atoms with van der Waals surface area (Å²) < 4.78 is 13.3. The van der Waals surface area contributed by atoms with Crippen molar-refractivity contribution in [3.05, 3.63) is 35.6 Å². The first-order valence-electron chi connectivity index (χ1n) is 7.35. The summed E-state index contributed by atoms with van der Waals surface area (Å²) in [6.07, 6.45) is 6.06. The van der Waals surface area contributed by atoms with Gasteiger partial charge >= 0.3 is 5.97 Å². The zero-order valence-electron chi connectivity index (χ0n) is 11.7. The van der Waals surface area contributed by atoms with E-state index in [1.807, 2.05) is 6.07 Å². The Labute approximate surface area is 119 Å². The summed E-state index contributed by atoms with van der Waals surface area (Å²) in [7, 11) is 0. The third kappa shape index (κ3) is 4.60. The minimum atomic E-state index is -0.773. The quantitative estimate of drug-likeness (QED) is 0.867. The van der Waals surface area contributed by atoms with Crippen molar-refractivity contribution in [1.82, 2.24) is 4.90 Å². The highest BCUT2D eigenvalue weighted by molar-refractivity contribution is 5.66. The highest BCUT2D eigenvalue weighted by Crippen LogP contribution is 2.24. The van der Waals surface area contributed by atoms with Crippen molar-refractivity contribution in [1.29, 1.82) is 0 Å². The first-order chi connectivity index (χ1) is 9.65. The molecule has 0 spiro atoms. The van der Waals surface area contributed by atoms with E-state index in [1.165, 1.54) is 31.4 Å². The van der Waals surface area contributed by atoms with Gasteiger partial charge in [-0.1, -0.05) is 31.4 Å². The van der Waals surface area contributed by atoms with Crippen molar-refractivity contribution in [3.8, 4) is 0 Å². The van der Waals surface area contributed by atoms with Crippen LogP contribution in [-0.4, -0.2) is 28.6 Å². The molecule has 20 heavy (non-hydrogen) atoms. The number of carbonyl (C=O) groups is 1. The molecular weight excluding hydrogens is 257 g/mol. The highest BCUT2D eigenvalue weighted by Gasteiger charge is 2.21. The van der Waals surface area contributed by atoms with E-state index in [0.29, 0.717) is 19.1 Å². The van der Waals surface area contributed by atoms with Crippen molar-refractivity contribution < 1.29 is 14.3 Å². The maximum absolute atomic E-state index is 13.3. The van der Waals surface area contributed by atoms with Gasteiger partial charge in [0, 0.05) is 19.1 Å². The van der Waals surface area contributed by atoms with E-state index in [9.17, 15) is 9.18 Å². The number of carboxylic acids is 1. The van der Waals surface area contributed by atoms with Crippen LogP contribution in [0.4, 0.5) is 4.39 Å². The number of hydrogen-bond acceptors (Lipinski definition) is 2. The largest absolute Gasteiger partial charge is 0.481 e. The van der Waals surface area contributed by atoms with E-state index in [1.54, 1.807) is 6.07 Å². The molecule has 0 aromatic heterocycles. The molecule has 110 valence electrons. The van der Waals surface area contributed by atoms with Crippen molar-refractivity contribution >= 4 is 5.97 Å². The lowest BCUT2D eigenvalue weighted by atomic mass is 9.93. The smallest absolute Gasteiger partial charge is 0.304 e. The number of rotatable bonds is 6. The average molecular weight is 279 g/mol. The van der Waals surface area contributed by atoms with E-state index in [4.69, 9.17) is 5.11 Å². The van der Waals surface area contributed by atoms with Gasteiger partial charge < -0.3 is 5.11 Å². The van der Waals surface area contributed by atoms with Crippen LogP contribution < -0.4 is 0 Å². The lowest BCUT2D eigenvalue weighted by Crippen LogP contribution is -2.37. The van der Waals surface area contributed by atoms with Crippen LogP contribution in [0.1, 0.15) is 44.1 Å². The van der Waals surface area contributed by atoms with Gasteiger partial charge in [0.05, 0.1) is 6.42 Å². The van der Waals surface area contributed by atoms with E-state index in [-0.39, 0.29) is 12.2 Å². The summed E-state index contributed by atoms with van der Waals surface area (Å²) >= 11 is 0. The van der Waals surface area contributed by atoms with Gasteiger partial charge in [0.1, 0.15) is 5.82 Å². The Bertz CT molecular complexity index is 444. The second kappa shape index (κ2) is 7.39. The van der Waals surface area contributed by atoms with Crippen LogP contribution in [0.2, 0.25) is 0 Å². The SMILES string of the molecule is O=C(O)CCN(Cc1cccc(F)c1)C1CCCCC1. The minimum absolute atomic E-state index is 0.145. The molecule has 2 rings (SSSR count). The number of hydrogen-bond donors (Lipinski definition) is 1. The molecule has 4 heteroatoms. The molecule has 3 nitrogen and oxygen atoms in total. The monoisotopic (exact) mass is 279 g/mol. The molecule has 1 aliphatic carbocycles. The molecule has 0 atom stereocenters. The van der Waals surface area contributed by atoms with Crippen LogP contribution in [0, 0.1) is 5.82 Å². The Morgan fingerprint density at radius 1 is 1.30 bits per heavy atom. The van der Waals surface area contributed by atoms with E-state index in [0.717, 1.165) is 18.4 Å². The molecule has 1 aromatic rings. The average Bonchev–Trinajstić information content (AvgIpc) is 2.44. The molecule has 1 fully saturated rings. The van der Waals surface area contributed by atoms with Gasteiger partial charge in [-0.25, -0.2) is 4.39 Å². The molecule has 0 heterocycles. The van der Waals surface area contributed by atoms with Gasteiger partial charge in [0.25, 0.3) is 0 Å². The van der Waals surface area contributed by atoms with Gasteiger partial charge in [-0.3, -0.25) is 9.69 Å². The summed E-state index contributed by atoms with van der Waals surface area (Å²) in [5.41, 5.74) is 0.918. The van der Waals surface area contributed by atoms with Gasteiger partial charge in [0.2, 0.25) is 0 Å². The third-order valence-corrected chi connectivity index (χ3v) is 3.98. The molecule has 1 saturated carbocycles. The Kier molecular flexibility index (Phi) is 5.53. The van der Waals surface area contributed by atoms with E-state index in [2.05, 4.69) is 4.90 Å². The molecule has 0 aliphatic heterocycles. The van der Waals surface area contributed by atoms with Gasteiger partial charge in [-0.05, 0) is 30.5 Å². The van der Waals surface area contributed by atoms with Crippen molar-refractivity contribution in [2.75, 3.05) is 6.54 Å². The number of aliphatic carboxylic acids is 1. The van der Waals surface area contributed by atoms with Crippen molar-refractivity contribution in [2.24, 2.45) is 0 Å². The Morgan fingerprint density at radius 2 is 2.05 bits per heavy atom. The van der Waals surface area contributed by atoms with Crippen LogP contribution in [0.5, 0.6) is 0 Å². The summed E-state index contributed by atoms with van der Waals surface area (Å²) in [4.78, 5) is 13.0. The molecule has 0 bridgehead atoms. The second-order valence-electron chi connectivity index (χ2n) is 5.54. The summed E-state index contributed by atoms with van der Waals surface area (Å²) in [5.74, 6) is -1.01. The topological polar surface area (TPSA) is 40.5 Å². The number of benzene rings is 1. The zero-order valence-corrected chi connectivity index (χ0v) is 11.7. The zero-order chi connectivity index (χ0) is 14.4. The minimum Gasteiger partial charge on any atom is -0.481 e. The maximum Gasteiger partial charge on any atom is 0.304 e. The molecule has 0 amide bonds. The third-order valence-electron chi connectivity index (χ3n) is 3.98. The van der Waals surface area contributed by atoms with Gasteiger partial charge in [-0.2, -0.15) is 0 Å².